The highest BCUT2D eigenvalue weighted by molar-refractivity contribution is 5.08. The summed E-state index contributed by atoms with van der Waals surface area (Å²) in [6.45, 7) is 5.55. The molecule has 0 aromatic carbocycles. The molecule has 0 bridgehead atoms. The third kappa shape index (κ3) is 2.94. The fourth-order valence-corrected chi connectivity index (χ4v) is 3.33. The van der Waals surface area contributed by atoms with E-state index >= 15 is 0 Å². The topological polar surface area (TPSA) is 29.9 Å². The Morgan fingerprint density at radius 3 is 2.67 bits per heavy atom. The Kier molecular flexibility index (Phi) is 4.44. The summed E-state index contributed by atoms with van der Waals surface area (Å²) in [4.78, 5) is 0. The highest BCUT2D eigenvalue weighted by atomic mass is 15.3. The van der Waals surface area contributed by atoms with Gasteiger partial charge in [-0.25, -0.2) is 0 Å². The van der Waals surface area contributed by atoms with Crippen molar-refractivity contribution in [3.8, 4) is 0 Å². The van der Waals surface area contributed by atoms with E-state index in [0.29, 0.717) is 11.5 Å². The largest absolute Gasteiger partial charge is 0.316 e. The Balaban J connectivity index is 2.03. The van der Waals surface area contributed by atoms with Gasteiger partial charge in [0.2, 0.25) is 0 Å². The van der Waals surface area contributed by atoms with Gasteiger partial charge in [0.25, 0.3) is 0 Å². The van der Waals surface area contributed by atoms with E-state index in [2.05, 4.69) is 37.5 Å². The highest BCUT2D eigenvalue weighted by Crippen LogP contribution is 2.39. The molecule has 0 spiro atoms. The smallest absolute Gasteiger partial charge is 0.0522 e. The number of nitrogens with one attached hydrogen (secondary N) is 1. The minimum absolute atomic E-state index is 0.460. The summed E-state index contributed by atoms with van der Waals surface area (Å²) in [6.07, 6.45) is 12.2. The summed E-state index contributed by atoms with van der Waals surface area (Å²) < 4.78 is 2.02. The monoisotopic (exact) mass is 249 g/mol. The average Bonchev–Trinajstić information content (AvgIpc) is 2.84. The number of rotatable bonds is 5. The predicted molar refractivity (Wildman–Crippen MR) is 75.6 cm³/mol. The van der Waals surface area contributed by atoms with Gasteiger partial charge in [-0.2, -0.15) is 5.10 Å². The lowest BCUT2D eigenvalue weighted by Crippen LogP contribution is -2.44. The number of hydrogen-bond acceptors (Lipinski definition) is 2. The molecule has 1 heterocycles. The first-order chi connectivity index (χ1) is 8.68. The van der Waals surface area contributed by atoms with Gasteiger partial charge in [0.15, 0.2) is 0 Å². The summed E-state index contributed by atoms with van der Waals surface area (Å²) in [5.41, 5.74) is 1.82. The van der Waals surface area contributed by atoms with Crippen LogP contribution in [-0.2, 0) is 13.0 Å². The first kappa shape index (κ1) is 13.6. The van der Waals surface area contributed by atoms with Crippen molar-refractivity contribution >= 4 is 0 Å². The average molecular weight is 249 g/mol. The zero-order chi connectivity index (χ0) is 13.0. The zero-order valence-corrected chi connectivity index (χ0v) is 12.1. The van der Waals surface area contributed by atoms with E-state index in [-0.39, 0.29) is 0 Å². The van der Waals surface area contributed by atoms with Crippen molar-refractivity contribution in [2.45, 2.75) is 65.0 Å². The van der Waals surface area contributed by atoms with Crippen LogP contribution in [0.2, 0.25) is 0 Å². The molecule has 2 rings (SSSR count). The van der Waals surface area contributed by atoms with E-state index in [9.17, 15) is 0 Å². The second kappa shape index (κ2) is 5.87. The lowest BCUT2D eigenvalue weighted by molar-refractivity contribution is 0.149. The summed E-state index contributed by atoms with van der Waals surface area (Å²) in [6, 6.07) is 0.576. The van der Waals surface area contributed by atoms with Gasteiger partial charge in [-0.1, -0.05) is 26.2 Å². The molecule has 1 aliphatic rings. The van der Waals surface area contributed by atoms with Gasteiger partial charge < -0.3 is 5.32 Å². The molecule has 1 fully saturated rings. The molecular formula is C15H27N3. The van der Waals surface area contributed by atoms with E-state index in [4.69, 9.17) is 0 Å². The summed E-state index contributed by atoms with van der Waals surface area (Å²) >= 11 is 0. The third-order valence-electron chi connectivity index (χ3n) is 4.64. The van der Waals surface area contributed by atoms with Crippen molar-refractivity contribution in [1.82, 2.24) is 15.1 Å². The summed E-state index contributed by atoms with van der Waals surface area (Å²) in [7, 11) is 2.11. The highest BCUT2D eigenvalue weighted by Gasteiger charge is 2.34. The van der Waals surface area contributed by atoms with Gasteiger partial charge in [-0.3, -0.25) is 4.68 Å². The molecular weight excluding hydrogens is 222 g/mol. The van der Waals surface area contributed by atoms with Crippen LogP contribution in [0, 0.1) is 5.41 Å². The molecule has 18 heavy (non-hydrogen) atoms. The molecule has 1 atom stereocenters. The predicted octanol–water partition coefficient (Wildman–Crippen LogP) is 3.00. The van der Waals surface area contributed by atoms with Crippen LogP contribution in [0.1, 0.15) is 51.5 Å². The lowest BCUT2D eigenvalue weighted by atomic mass is 9.69. The van der Waals surface area contributed by atoms with Gasteiger partial charge in [0, 0.05) is 18.8 Å². The van der Waals surface area contributed by atoms with Crippen LogP contribution in [0.15, 0.2) is 12.4 Å². The van der Waals surface area contributed by atoms with Crippen molar-refractivity contribution < 1.29 is 0 Å². The minimum Gasteiger partial charge on any atom is -0.316 e. The molecule has 1 aromatic rings. The molecule has 3 heteroatoms. The van der Waals surface area contributed by atoms with E-state index in [0.717, 1.165) is 13.0 Å². The molecule has 1 aromatic heterocycles. The second-order valence-electron chi connectivity index (χ2n) is 5.96. The van der Waals surface area contributed by atoms with Crippen molar-refractivity contribution in [2.24, 2.45) is 5.41 Å². The van der Waals surface area contributed by atoms with Gasteiger partial charge in [0.1, 0.15) is 0 Å². The van der Waals surface area contributed by atoms with E-state index in [1.807, 2.05) is 10.9 Å². The molecule has 0 radical (unpaired) electrons. The SMILES string of the molecule is CCn1cc(CC(NC)C2(C)CCCCC2)cn1. The number of nitrogens with zero attached hydrogens (tertiary/aromatic N) is 2. The van der Waals surface area contributed by atoms with Crippen molar-refractivity contribution in [2.75, 3.05) is 7.05 Å². The quantitative estimate of drug-likeness (QED) is 0.869. The van der Waals surface area contributed by atoms with Crippen LogP contribution in [0.4, 0.5) is 0 Å². The zero-order valence-electron chi connectivity index (χ0n) is 12.1. The number of likely N-dealkylation sites (N-methyl/N-ethyl adjacent to an activating group) is 1. The summed E-state index contributed by atoms with van der Waals surface area (Å²) in [5, 5.41) is 7.93. The molecule has 0 amide bonds. The van der Waals surface area contributed by atoms with E-state index in [1.165, 1.54) is 37.7 Å². The molecule has 0 saturated heterocycles. The number of aryl methyl sites for hydroxylation is 1. The Labute approximate surface area is 111 Å². The van der Waals surface area contributed by atoms with Crippen LogP contribution < -0.4 is 5.32 Å². The maximum Gasteiger partial charge on any atom is 0.0522 e. The van der Waals surface area contributed by atoms with Gasteiger partial charge >= 0.3 is 0 Å². The Hall–Kier alpha value is -0.830. The molecule has 0 aliphatic heterocycles. The maximum absolute atomic E-state index is 4.38. The standard InChI is InChI=1S/C15H27N3/c1-4-18-12-13(11-17-18)10-14(16-3)15(2)8-6-5-7-9-15/h11-12,14,16H,4-10H2,1-3H3. The Morgan fingerprint density at radius 1 is 1.39 bits per heavy atom. The van der Waals surface area contributed by atoms with Gasteiger partial charge in [-0.15, -0.1) is 0 Å². The van der Waals surface area contributed by atoms with Gasteiger partial charge in [-0.05, 0) is 44.2 Å². The van der Waals surface area contributed by atoms with Crippen LogP contribution in [-0.4, -0.2) is 22.9 Å². The lowest BCUT2D eigenvalue weighted by Gasteiger charge is -2.40. The fourth-order valence-electron chi connectivity index (χ4n) is 3.33. The molecule has 102 valence electrons. The Morgan fingerprint density at radius 2 is 2.11 bits per heavy atom. The number of hydrogen-bond donors (Lipinski definition) is 1. The number of aromatic nitrogens is 2. The van der Waals surface area contributed by atoms with Crippen molar-refractivity contribution in [3.63, 3.8) is 0 Å². The first-order valence-corrected chi connectivity index (χ1v) is 7.36. The minimum atomic E-state index is 0.460. The van der Waals surface area contributed by atoms with Crippen molar-refractivity contribution in [1.29, 1.82) is 0 Å². The summed E-state index contributed by atoms with van der Waals surface area (Å²) in [5.74, 6) is 0. The fraction of sp³-hybridized carbons (Fsp3) is 0.800. The molecule has 1 unspecified atom stereocenters. The second-order valence-corrected chi connectivity index (χ2v) is 5.96. The molecule has 1 N–H and O–H groups in total. The van der Waals surface area contributed by atoms with Gasteiger partial charge in [0.05, 0.1) is 6.20 Å². The van der Waals surface area contributed by atoms with Crippen LogP contribution in [0.5, 0.6) is 0 Å². The van der Waals surface area contributed by atoms with Crippen LogP contribution in [0.25, 0.3) is 0 Å². The Bertz CT molecular complexity index is 364. The van der Waals surface area contributed by atoms with Crippen molar-refractivity contribution in [3.05, 3.63) is 18.0 Å². The van der Waals surface area contributed by atoms with Crippen LogP contribution >= 0.6 is 0 Å². The molecule has 1 aliphatic carbocycles. The van der Waals surface area contributed by atoms with Crippen LogP contribution in [0.3, 0.4) is 0 Å². The first-order valence-electron chi connectivity index (χ1n) is 7.36. The molecule has 1 saturated carbocycles. The normalized spacial score (nSPS) is 20.8. The van der Waals surface area contributed by atoms with E-state index < -0.39 is 0 Å². The maximum atomic E-state index is 4.38. The van der Waals surface area contributed by atoms with E-state index in [1.54, 1.807) is 0 Å². The molecule has 3 nitrogen and oxygen atoms in total. The third-order valence-corrected chi connectivity index (χ3v) is 4.64.